The number of ether oxygens (including phenoxy) is 2. The molecular weight excluding hydrogens is 562 g/mol. The summed E-state index contributed by atoms with van der Waals surface area (Å²) in [5.74, 6) is -3.15. The van der Waals surface area contributed by atoms with Crippen molar-refractivity contribution in [2.24, 2.45) is 5.92 Å². The zero-order chi connectivity index (χ0) is 30.9. The molecule has 0 fully saturated rings. The lowest BCUT2D eigenvalue weighted by molar-refractivity contribution is -0.146. The maximum atomic E-state index is 13.3. The molecule has 0 spiro atoms. The number of nitrogens with one attached hydrogen (secondary N) is 3. The summed E-state index contributed by atoms with van der Waals surface area (Å²) in [7, 11) is 0. The first kappa shape index (κ1) is 34.1. The Morgan fingerprint density at radius 3 is 1.83 bits per heavy atom. The van der Waals surface area contributed by atoms with E-state index in [1.54, 1.807) is 50.2 Å². The number of hydrogen-bond acceptors (Lipinski definition) is 8. The molecule has 0 saturated heterocycles. The number of thioether (sulfide) groups is 1. The second-order valence-corrected chi connectivity index (χ2v) is 10.8. The topological polar surface area (TPSA) is 160 Å². The average molecular weight is 602 g/mol. The molecule has 0 heterocycles. The van der Waals surface area contributed by atoms with Crippen molar-refractivity contribution in [3.8, 4) is 0 Å². The molecule has 228 valence electrons. The smallest absolute Gasteiger partial charge is 0.408 e. The number of carbonyl (C=O) groups excluding carboxylic acids is 4. The molecule has 2 aromatic carbocycles. The molecule has 12 heteroatoms. The van der Waals surface area contributed by atoms with Gasteiger partial charge in [0.1, 0.15) is 31.3 Å². The van der Waals surface area contributed by atoms with Gasteiger partial charge in [-0.2, -0.15) is 11.8 Å². The fraction of sp³-hybridized carbons (Fsp3) is 0.433. The van der Waals surface area contributed by atoms with Gasteiger partial charge in [0.05, 0.1) is 0 Å². The summed E-state index contributed by atoms with van der Waals surface area (Å²) in [4.78, 5) is 63.0. The first-order valence-corrected chi connectivity index (χ1v) is 15.0. The lowest BCUT2D eigenvalue weighted by Crippen LogP contribution is -2.57. The maximum Gasteiger partial charge on any atom is 0.408 e. The molecule has 4 N–H and O–H groups in total. The number of rotatable bonds is 17. The predicted molar refractivity (Wildman–Crippen MR) is 158 cm³/mol. The van der Waals surface area contributed by atoms with E-state index in [2.05, 4.69) is 16.0 Å². The number of carboxylic acids is 1. The van der Waals surface area contributed by atoms with Gasteiger partial charge < -0.3 is 30.5 Å². The minimum Gasteiger partial charge on any atom is -0.480 e. The van der Waals surface area contributed by atoms with Crippen molar-refractivity contribution in [3.63, 3.8) is 0 Å². The first-order chi connectivity index (χ1) is 20.1. The van der Waals surface area contributed by atoms with Crippen LogP contribution in [-0.2, 0) is 41.9 Å². The molecule has 11 nitrogen and oxygen atoms in total. The van der Waals surface area contributed by atoms with Crippen LogP contribution in [-0.4, -0.2) is 65.1 Å². The van der Waals surface area contributed by atoms with Crippen LogP contribution in [0, 0.1) is 5.92 Å². The van der Waals surface area contributed by atoms with Crippen LogP contribution in [0.2, 0.25) is 0 Å². The normalized spacial score (nSPS) is 12.9. The number of benzene rings is 2. The highest BCUT2D eigenvalue weighted by atomic mass is 32.2. The Balaban J connectivity index is 2.07. The molecule has 2 rings (SSSR count). The molecule has 0 aliphatic rings. The second kappa shape index (κ2) is 18.4. The number of alkyl carbamates (subject to hydrolysis) is 1. The third-order valence-corrected chi connectivity index (χ3v) is 6.82. The first-order valence-electron chi connectivity index (χ1n) is 13.6. The summed E-state index contributed by atoms with van der Waals surface area (Å²) in [6, 6.07) is 14.6. The number of amides is 3. The molecular formula is C30H39N3O8S. The van der Waals surface area contributed by atoms with E-state index in [4.69, 9.17) is 9.47 Å². The van der Waals surface area contributed by atoms with E-state index in [0.29, 0.717) is 5.75 Å². The van der Waals surface area contributed by atoms with Gasteiger partial charge in [-0.3, -0.25) is 14.4 Å². The Morgan fingerprint density at radius 2 is 1.31 bits per heavy atom. The third kappa shape index (κ3) is 12.6. The average Bonchev–Trinajstić information content (AvgIpc) is 2.98. The number of esters is 1. The molecule has 0 aromatic heterocycles. The standard InChI is InChI=1S/C30H39N3O8S/c1-20(2)26(33-30(39)41-19-22-12-8-5-9-13-22)28(36)31-23(27(35)32-24(29(37)38)16-17-42-3)14-15-25(34)40-18-21-10-6-4-7-11-21/h4-13,20,23-24,26H,14-19H2,1-3H3,(H,31,36)(H,32,35)(H,33,39)(H,37,38)/t23-,24+,26+/m0/s1. The lowest BCUT2D eigenvalue weighted by atomic mass is 10.0. The van der Waals surface area contributed by atoms with Crippen molar-refractivity contribution in [1.82, 2.24) is 16.0 Å². The number of aliphatic carboxylic acids is 1. The van der Waals surface area contributed by atoms with Gasteiger partial charge in [-0.15, -0.1) is 0 Å². The van der Waals surface area contributed by atoms with Crippen molar-refractivity contribution >= 4 is 41.6 Å². The molecule has 0 aliphatic carbocycles. The molecule has 0 radical (unpaired) electrons. The van der Waals surface area contributed by atoms with Gasteiger partial charge in [-0.25, -0.2) is 9.59 Å². The van der Waals surface area contributed by atoms with Crippen molar-refractivity contribution < 1.29 is 38.6 Å². The number of hydrogen-bond donors (Lipinski definition) is 4. The zero-order valence-corrected chi connectivity index (χ0v) is 24.9. The van der Waals surface area contributed by atoms with E-state index in [9.17, 15) is 29.1 Å². The summed E-state index contributed by atoms with van der Waals surface area (Å²) in [5, 5.41) is 17.1. The van der Waals surface area contributed by atoms with E-state index in [1.165, 1.54) is 11.8 Å². The van der Waals surface area contributed by atoms with Gasteiger partial charge in [0.2, 0.25) is 11.8 Å². The van der Waals surface area contributed by atoms with Crippen molar-refractivity contribution in [2.75, 3.05) is 12.0 Å². The lowest BCUT2D eigenvalue weighted by Gasteiger charge is -2.26. The van der Waals surface area contributed by atoms with Crippen LogP contribution in [0.3, 0.4) is 0 Å². The summed E-state index contributed by atoms with van der Waals surface area (Å²) in [6.45, 7) is 3.46. The van der Waals surface area contributed by atoms with E-state index in [0.717, 1.165) is 11.1 Å². The van der Waals surface area contributed by atoms with Crippen LogP contribution >= 0.6 is 11.8 Å². The molecule has 0 bridgehead atoms. The fourth-order valence-electron chi connectivity index (χ4n) is 3.79. The molecule has 3 amide bonds. The number of carbonyl (C=O) groups is 5. The summed E-state index contributed by atoms with van der Waals surface area (Å²) in [5.41, 5.74) is 1.56. The van der Waals surface area contributed by atoms with Gasteiger partial charge in [0.25, 0.3) is 0 Å². The summed E-state index contributed by atoms with van der Waals surface area (Å²) >= 11 is 1.43. The molecule has 42 heavy (non-hydrogen) atoms. The molecule has 0 saturated carbocycles. The van der Waals surface area contributed by atoms with Crippen LogP contribution in [0.25, 0.3) is 0 Å². The highest BCUT2D eigenvalue weighted by Gasteiger charge is 2.31. The summed E-state index contributed by atoms with van der Waals surface area (Å²) in [6.07, 6.45) is 0.803. The van der Waals surface area contributed by atoms with E-state index < -0.39 is 48.0 Å². The van der Waals surface area contributed by atoms with Gasteiger partial charge in [0, 0.05) is 6.42 Å². The second-order valence-electron chi connectivity index (χ2n) is 9.85. The Morgan fingerprint density at radius 1 is 0.762 bits per heavy atom. The molecule has 0 unspecified atom stereocenters. The van der Waals surface area contributed by atoms with E-state index in [1.807, 2.05) is 30.5 Å². The Bertz CT molecular complexity index is 1160. The highest BCUT2D eigenvalue weighted by Crippen LogP contribution is 2.10. The van der Waals surface area contributed by atoms with Gasteiger partial charge in [-0.05, 0) is 41.9 Å². The van der Waals surface area contributed by atoms with Crippen molar-refractivity contribution in [3.05, 3.63) is 71.8 Å². The maximum absolute atomic E-state index is 13.3. The predicted octanol–water partition coefficient (Wildman–Crippen LogP) is 3.27. The van der Waals surface area contributed by atoms with Crippen LogP contribution in [0.15, 0.2) is 60.7 Å². The zero-order valence-electron chi connectivity index (χ0n) is 24.0. The van der Waals surface area contributed by atoms with Crippen molar-refractivity contribution in [2.45, 2.75) is 64.4 Å². The van der Waals surface area contributed by atoms with Crippen LogP contribution < -0.4 is 16.0 Å². The Kier molecular flexibility index (Phi) is 14.9. The third-order valence-electron chi connectivity index (χ3n) is 6.17. The largest absolute Gasteiger partial charge is 0.480 e. The molecule has 2 aromatic rings. The summed E-state index contributed by atoms with van der Waals surface area (Å²) < 4.78 is 10.5. The fourth-order valence-corrected chi connectivity index (χ4v) is 4.27. The highest BCUT2D eigenvalue weighted by molar-refractivity contribution is 7.98. The molecule has 3 atom stereocenters. The number of carboxylic acid groups (broad SMARTS) is 1. The van der Waals surface area contributed by atoms with E-state index in [-0.39, 0.29) is 38.4 Å². The minimum absolute atomic E-state index is 0.00184. The van der Waals surface area contributed by atoms with Gasteiger partial charge in [-0.1, -0.05) is 74.5 Å². The Hall–Kier alpha value is -4.06. The van der Waals surface area contributed by atoms with Crippen LogP contribution in [0.1, 0.15) is 44.2 Å². The Labute approximate surface area is 250 Å². The van der Waals surface area contributed by atoms with Crippen molar-refractivity contribution in [1.29, 1.82) is 0 Å². The minimum atomic E-state index is -1.26. The SMILES string of the molecule is CSCC[C@@H](NC(=O)[C@H](CCC(=O)OCc1ccccc1)NC(=O)[C@H](NC(=O)OCc1ccccc1)C(C)C)C(=O)O. The monoisotopic (exact) mass is 601 g/mol. The van der Waals surface area contributed by atoms with E-state index >= 15 is 0 Å². The quantitative estimate of drug-likeness (QED) is 0.200. The van der Waals surface area contributed by atoms with Gasteiger partial charge >= 0.3 is 18.0 Å². The van der Waals surface area contributed by atoms with Crippen LogP contribution in [0.5, 0.6) is 0 Å². The molecule has 0 aliphatic heterocycles. The van der Waals surface area contributed by atoms with Gasteiger partial charge in [0.15, 0.2) is 0 Å². The van der Waals surface area contributed by atoms with Crippen LogP contribution in [0.4, 0.5) is 4.79 Å².